The van der Waals surface area contributed by atoms with Crippen LogP contribution in [-0.2, 0) is 11.3 Å². The standard InChI is InChI=1S/C26H31BrN8O/c1-2-8-34(17-19-14-28-18-29-15-19)9-7-30-23-22(27)16-31-26-24(23)32-25(33-26)20-3-5-21(6-4-20)35-10-12-36-13-11-35/h3-6,14-16,18H,2,7-13,17H2,1H3,(H2,30,31,32,33). The number of halogens is 1. The number of aromatic amines is 1. The van der Waals surface area contributed by atoms with Crippen molar-refractivity contribution in [1.29, 1.82) is 0 Å². The predicted octanol–water partition coefficient (Wildman–Crippen LogP) is 4.34. The molecule has 36 heavy (non-hydrogen) atoms. The van der Waals surface area contributed by atoms with Gasteiger partial charge in [0.05, 0.1) is 23.4 Å². The number of imidazole rings is 1. The van der Waals surface area contributed by atoms with E-state index in [1.165, 1.54) is 5.69 Å². The number of anilines is 2. The van der Waals surface area contributed by atoms with Crippen LogP contribution in [0, 0.1) is 0 Å². The number of morpholine rings is 1. The smallest absolute Gasteiger partial charge is 0.180 e. The maximum Gasteiger partial charge on any atom is 0.180 e. The van der Waals surface area contributed by atoms with Crippen LogP contribution in [0.15, 0.2) is 53.7 Å². The first-order chi connectivity index (χ1) is 17.7. The van der Waals surface area contributed by atoms with Gasteiger partial charge in [-0.2, -0.15) is 0 Å². The Kier molecular flexibility index (Phi) is 8.04. The fraction of sp³-hybridized carbons (Fsp3) is 0.385. The Hall–Kier alpha value is -3.08. The maximum absolute atomic E-state index is 5.47. The van der Waals surface area contributed by atoms with Gasteiger partial charge in [-0.1, -0.05) is 6.92 Å². The van der Waals surface area contributed by atoms with E-state index in [0.717, 1.165) is 91.5 Å². The number of nitrogens with zero attached hydrogens (tertiary/aromatic N) is 6. The molecule has 0 atom stereocenters. The van der Waals surface area contributed by atoms with E-state index in [1.807, 2.05) is 18.6 Å². The van der Waals surface area contributed by atoms with Crippen molar-refractivity contribution in [3.05, 3.63) is 59.2 Å². The van der Waals surface area contributed by atoms with Crippen molar-refractivity contribution in [2.75, 3.05) is 56.2 Å². The van der Waals surface area contributed by atoms with E-state index in [2.05, 4.69) is 82.2 Å². The zero-order valence-corrected chi connectivity index (χ0v) is 22.0. The topological polar surface area (TPSA) is 95.1 Å². The van der Waals surface area contributed by atoms with E-state index in [1.54, 1.807) is 6.33 Å². The van der Waals surface area contributed by atoms with Crippen molar-refractivity contribution in [3.8, 4) is 11.4 Å². The van der Waals surface area contributed by atoms with Crippen molar-refractivity contribution in [1.82, 2.24) is 29.8 Å². The number of hydrogen-bond acceptors (Lipinski definition) is 8. The molecule has 0 amide bonds. The van der Waals surface area contributed by atoms with Gasteiger partial charge in [-0.3, -0.25) is 4.90 Å². The number of nitrogens with one attached hydrogen (secondary N) is 2. The molecular formula is C26H31BrN8O. The summed E-state index contributed by atoms with van der Waals surface area (Å²) in [5.41, 5.74) is 5.93. The van der Waals surface area contributed by atoms with Crippen LogP contribution >= 0.6 is 15.9 Å². The zero-order chi connectivity index (χ0) is 24.7. The average Bonchev–Trinajstić information content (AvgIpc) is 3.36. The Morgan fingerprint density at radius 1 is 1.08 bits per heavy atom. The second kappa shape index (κ2) is 11.8. The molecule has 9 nitrogen and oxygen atoms in total. The Labute approximate surface area is 219 Å². The van der Waals surface area contributed by atoms with Crippen molar-refractivity contribution < 1.29 is 4.74 Å². The number of rotatable bonds is 10. The summed E-state index contributed by atoms with van der Waals surface area (Å²) in [6.45, 7) is 9.12. The number of H-pyrrole nitrogens is 1. The van der Waals surface area contributed by atoms with Gasteiger partial charge in [0, 0.05) is 68.1 Å². The molecule has 0 aliphatic carbocycles. The first-order valence-electron chi connectivity index (χ1n) is 12.4. The lowest BCUT2D eigenvalue weighted by Gasteiger charge is -2.28. The summed E-state index contributed by atoms with van der Waals surface area (Å²) < 4.78 is 6.38. The molecule has 0 bridgehead atoms. The molecule has 0 saturated carbocycles. The van der Waals surface area contributed by atoms with Crippen LogP contribution in [0.5, 0.6) is 0 Å². The highest BCUT2D eigenvalue weighted by atomic mass is 79.9. The highest BCUT2D eigenvalue weighted by Crippen LogP contribution is 2.31. The molecule has 10 heteroatoms. The van der Waals surface area contributed by atoms with Crippen molar-refractivity contribution in [2.24, 2.45) is 0 Å². The molecule has 0 spiro atoms. The van der Waals surface area contributed by atoms with Crippen LogP contribution in [0.25, 0.3) is 22.6 Å². The van der Waals surface area contributed by atoms with E-state index >= 15 is 0 Å². The summed E-state index contributed by atoms with van der Waals surface area (Å²) in [5.74, 6) is 0.809. The number of aromatic nitrogens is 5. The van der Waals surface area contributed by atoms with Crippen LogP contribution in [-0.4, -0.2) is 75.8 Å². The van der Waals surface area contributed by atoms with E-state index in [-0.39, 0.29) is 0 Å². The molecule has 0 unspecified atom stereocenters. The number of ether oxygens (including phenoxy) is 1. The van der Waals surface area contributed by atoms with E-state index in [0.29, 0.717) is 5.65 Å². The molecule has 1 saturated heterocycles. The highest BCUT2D eigenvalue weighted by molar-refractivity contribution is 9.10. The summed E-state index contributed by atoms with van der Waals surface area (Å²) in [6, 6.07) is 8.52. The Morgan fingerprint density at radius 3 is 2.61 bits per heavy atom. The third kappa shape index (κ3) is 5.83. The van der Waals surface area contributed by atoms with Crippen LogP contribution in [0.1, 0.15) is 18.9 Å². The van der Waals surface area contributed by atoms with E-state index in [9.17, 15) is 0 Å². The summed E-state index contributed by atoms with van der Waals surface area (Å²) in [6.07, 6.45) is 8.23. The first kappa shape index (κ1) is 24.6. The maximum atomic E-state index is 5.47. The lowest BCUT2D eigenvalue weighted by molar-refractivity contribution is 0.122. The van der Waals surface area contributed by atoms with Gasteiger partial charge in [0.1, 0.15) is 17.7 Å². The summed E-state index contributed by atoms with van der Waals surface area (Å²) >= 11 is 3.67. The van der Waals surface area contributed by atoms with Gasteiger partial charge in [0.2, 0.25) is 0 Å². The monoisotopic (exact) mass is 550 g/mol. The minimum Gasteiger partial charge on any atom is -0.381 e. The minimum atomic E-state index is 0.694. The fourth-order valence-corrected chi connectivity index (χ4v) is 4.93. The molecule has 1 fully saturated rings. The van der Waals surface area contributed by atoms with Crippen LogP contribution in [0.4, 0.5) is 11.4 Å². The van der Waals surface area contributed by atoms with Gasteiger partial charge in [0.15, 0.2) is 5.65 Å². The zero-order valence-electron chi connectivity index (χ0n) is 20.5. The summed E-state index contributed by atoms with van der Waals surface area (Å²) in [4.78, 5) is 25.8. The van der Waals surface area contributed by atoms with Gasteiger partial charge in [-0.25, -0.2) is 19.9 Å². The highest BCUT2D eigenvalue weighted by Gasteiger charge is 2.15. The third-order valence-corrected chi connectivity index (χ3v) is 6.88. The van der Waals surface area contributed by atoms with Gasteiger partial charge in [0.25, 0.3) is 0 Å². The number of benzene rings is 1. The molecule has 3 aromatic heterocycles. The molecule has 188 valence electrons. The molecule has 1 aromatic carbocycles. The number of pyridine rings is 1. The van der Waals surface area contributed by atoms with Crippen LogP contribution in [0.3, 0.4) is 0 Å². The molecular weight excluding hydrogens is 520 g/mol. The normalized spacial score (nSPS) is 14.0. The Bertz CT molecular complexity index is 1260. The van der Waals surface area contributed by atoms with Crippen molar-refractivity contribution in [3.63, 3.8) is 0 Å². The Balaban J connectivity index is 1.29. The van der Waals surface area contributed by atoms with Gasteiger partial charge in [-0.15, -0.1) is 0 Å². The Morgan fingerprint density at radius 2 is 1.86 bits per heavy atom. The fourth-order valence-electron chi connectivity index (χ4n) is 4.49. The molecule has 4 heterocycles. The van der Waals surface area contributed by atoms with E-state index < -0.39 is 0 Å². The van der Waals surface area contributed by atoms with Crippen molar-refractivity contribution >= 4 is 38.5 Å². The molecule has 1 aliphatic heterocycles. The number of fused-ring (bicyclic) bond motifs is 1. The first-order valence-corrected chi connectivity index (χ1v) is 13.2. The van der Waals surface area contributed by atoms with Crippen LogP contribution < -0.4 is 10.2 Å². The lowest BCUT2D eigenvalue weighted by Crippen LogP contribution is -2.36. The molecule has 2 N–H and O–H groups in total. The summed E-state index contributed by atoms with van der Waals surface area (Å²) in [5, 5.41) is 3.60. The molecule has 1 aliphatic rings. The second-order valence-corrected chi connectivity index (χ2v) is 9.72. The largest absolute Gasteiger partial charge is 0.381 e. The average molecular weight is 551 g/mol. The molecule has 5 rings (SSSR count). The minimum absolute atomic E-state index is 0.694. The van der Waals surface area contributed by atoms with Crippen LogP contribution in [0.2, 0.25) is 0 Å². The quantitative estimate of drug-likeness (QED) is 0.301. The SMILES string of the molecule is CCCN(CCNc1c(Br)cnc2nc(-c3ccc(N4CCOCC4)cc3)[nH]c12)Cc1cncnc1. The summed E-state index contributed by atoms with van der Waals surface area (Å²) in [7, 11) is 0. The molecule has 0 radical (unpaired) electrons. The van der Waals surface area contributed by atoms with E-state index in [4.69, 9.17) is 9.72 Å². The van der Waals surface area contributed by atoms with Gasteiger partial charge in [-0.05, 0) is 53.2 Å². The van der Waals surface area contributed by atoms with Gasteiger partial charge < -0.3 is 19.9 Å². The predicted molar refractivity (Wildman–Crippen MR) is 146 cm³/mol. The molecule has 4 aromatic rings. The lowest BCUT2D eigenvalue weighted by atomic mass is 10.2. The van der Waals surface area contributed by atoms with Crippen molar-refractivity contribution in [2.45, 2.75) is 19.9 Å². The van der Waals surface area contributed by atoms with Gasteiger partial charge >= 0.3 is 0 Å². The number of hydrogen-bond donors (Lipinski definition) is 2. The second-order valence-electron chi connectivity index (χ2n) is 8.86. The third-order valence-electron chi connectivity index (χ3n) is 6.28.